The zero-order valence-electron chi connectivity index (χ0n) is 11.2. The van der Waals surface area contributed by atoms with Gasteiger partial charge in [-0.2, -0.15) is 18.3 Å². The van der Waals surface area contributed by atoms with E-state index in [9.17, 15) is 13.2 Å². The molecule has 0 spiro atoms. The quantitative estimate of drug-likeness (QED) is 0.921. The maximum atomic E-state index is 12.8. The van der Waals surface area contributed by atoms with Crippen molar-refractivity contribution < 1.29 is 18.3 Å². The summed E-state index contributed by atoms with van der Waals surface area (Å²) in [5.74, 6) is 0.772. The molecule has 1 aliphatic rings. The SMILES string of the molecule is OCC1CCN(c2nccn3nc(C(F)(F)F)cc23)CC1. The first-order chi connectivity index (χ1) is 9.99. The molecule has 1 aliphatic heterocycles. The fraction of sp³-hybridized carbons (Fsp3) is 0.538. The fourth-order valence-electron chi connectivity index (χ4n) is 2.62. The van der Waals surface area contributed by atoms with Gasteiger partial charge in [-0.3, -0.25) is 0 Å². The number of rotatable bonds is 2. The molecule has 5 nitrogen and oxygen atoms in total. The molecule has 1 N–H and O–H groups in total. The number of anilines is 1. The van der Waals surface area contributed by atoms with E-state index in [2.05, 4.69) is 10.1 Å². The van der Waals surface area contributed by atoms with Gasteiger partial charge in [0.1, 0.15) is 5.52 Å². The van der Waals surface area contributed by atoms with Crippen molar-refractivity contribution in [2.24, 2.45) is 5.92 Å². The zero-order valence-corrected chi connectivity index (χ0v) is 11.2. The van der Waals surface area contributed by atoms with Gasteiger partial charge in [0.25, 0.3) is 0 Å². The fourth-order valence-corrected chi connectivity index (χ4v) is 2.62. The number of aliphatic hydroxyl groups excluding tert-OH is 1. The van der Waals surface area contributed by atoms with E-state index in [1.165, 1.54) is 16.9 Å². The predicted molar refractivity (Wildman–Crippen MR) is 70.0 cm³/mol. The molecule has 21 heavy (non-hydrogen) atoms. The molecule has 1 saturated heterocycles. The molecule has 0 saturated carbocycles. The second-order valence-corrected chi connectivity index (χ2v) is 5.22. The minimum atomic E-state index is -4.47. The van der Waals surface area contributed by atoms with E-state index in [-0.39, 0.29) is 12.5 Å². The second kappa shape index (κ2) is 5.18. The molecule has 1 fully saturated rings. The number of piperidine rings is 1. The van der Waals surface area contributed by atoms with E-state index >= 15 is 0 Å². The largest absolute Gasteiger partial charge is 0.435 e. The van der Waals surface area contributed by atoms with Gasteiger partial charge in [-0.05, 0) is 18.8 Å². The summed E-state index contributed by atoms with van der Waals surface area (Å²) < 4.78 is 39.5. The van der Waals surface area contributed by atoms with E-state index in [4.69, 9.17) is 5.11 Å². The molecule has 0 aliphatic carbocycles. The summed E-state index contributed by atoms with van der Waals surface area (Å²) in [6.45, 7) is 1.49. The highest BCUT2D eigenvalue weighted by Gasteiger charge is 2.35. The highest BCUT2D eigenvalue weighted by atomic mass is 19.4. The Morgan fingerprint density at radius 3 is 2.62 bits per heavy atom. The summed E-state index contributed by atoms with van der Waals surface area (Å²) in [6, 6.07) is 1.03. The van der Waals surface area contributed by atoms with E-state index in [0.29, 0.717) is 24.4 Å². The molecular formula is C13H15F3N4O. The second-order valence-electron chi connectivity index (χ2n) is 5.22. The van der Waals surface area contributed by atoms with Crippen LogP contribution in [0.3, 0.4) is 0 Å². The van der Waals surface area contributed by atoms with Gasteiger partial charge in [-0.1, -0.05) is 0 Å². The van der Waals surface area contributed by atoms with Crippen molar-refractivity contribution in [2.75, 3.05) is 24.6 Å². The van der Waals surface area contributed by atoms with Gasteiger partial charge in [0.15, 0.2) is 11.5 Å². The van der Waals surface area contributed by atoms with Crippen LogP contribution in [0.25, 0.3) is 5.52 Å². The molecule has 0 amide bonds. The topological polar surface area (TPSA) is 53.7 Å². The monoisotopic (exact) mass is 300 g/mol. The van der Waals surface area contributed by atoms with Crippen molar-refractivity contribution in [1.82, 2.24) is 14.6 Å². The van der Waals surface area contributed by atoms with Crippen LogP contribution in [0.5, 0.6) is 0 Å². The maximum Gasteiger partial charge on any atom is 0.435 e. The Kier molecular flexibility index (Phi) is 3.48. The third-order valence-electron chi connectivity index (χ3n) is 3.83. The Balaban J connectivity index is 1.94. The lowest BCUT2D eigenvalue weighted by atomic mass is 9.98. The maximum absolute atomic E-state index is 12.8. The first kappa shape index (κ1) is 14.1. The number of nitrogens with zero attached hydrogens (tertiary/aromatic N) is 4. The predicted octanol–water partition coefficient (Wildman–Crippen LogP) is 1.96. The average Bonchev–Trinajstić information content (AvgIpc) is 2.91. The van der Waals surface area contributed by atoms with Gasteiger partial charge in [-0.25, -0.2) is 9.50 Å². The van der Waals surface area contributed by atoms with E-state index < -0.39 is 11.9 Å². The summed E-state index contributed by atoms with van der Waals surface area (Å²) in [7, 11) is 0. The highest BCUT2D eigenvalue weighted by molar-refractivity contribution is 5.69. The minimum absolute atomic E-state index is 0.149. The number of fused-ring (bicyclic) bond motifs is 1. The summed E-state index contributed by atoms with van der Waals surface area (Å²) in [4.78, 5) is 6.16. The molecule has 0 bridgehead atoms. The summed E-state index contributed by atoms with van der Waals surface area (Å²) in [5.41, 5.74) is -0.561. The first-order valence-corrected chi connectivity index (χ1v) is 6.76. The van der Waals surface area contributed by atoms with Crippen molar-refractivity contribution in [1.29, 1.82) is 0 Å². The Labute approximate surface area is 119 Å². The lowest BCUT2D eigenvalue weighted by Crippen LogP contribution is -2.35. The van der Waals surface area contributed by atoms with Crippen LogP contribution >= 0.6 is 0 Å². The summed E-state index contributed by atoms with van der Waals surface area (Å²) >= 11 is 0. The summed E-state index contributed by atoms with van der Waals surface area (Å²) in [5, 5.41) is 12.7. The normalized spacial score (nSPS) is 17.6. The highest BCUT2D eigenvalue weighted by Crippen LogP contribution is 2.31. The van der Waals surface area contributed by atoms with Gasteiger partial charge in [0.2, 0.25) is 0 Å². The van der Waals surface area contributed by atoms with Gasteiger partial charge in [0, 0.05) is 38.2 Å². The molecule has 0 atom stereocenters. The number of alkyl halides is 3. The van der Waals surface area contributed by atoms with E-state index in [0.717, 1.165) is 18.9 Å². The van der Waals surface area contributed by atoms with Gasteiger partial charge < -0.3 is 10.0 Å². The third-order valence-corrected chi connectivity index (χ3v) is 3.83. The van der Waals surface area contributed by atoms with Crippen molar-refractivity contribution in [3.63, 3.8) is 0 Å². The van der Waals surface area contributed by atoms with Gasteiger partial charge >= 0.3 is 6.18 Å². The Hall–Kier alpha value is -1.83. The third kappa shape index (κ3) is 2.67. The molecule has 2 aromatic heterocycles. The molecular weight excluding hydrogens is 285 g/mol. The number of hydrogen-bond acceptors (Lipinski definition) is 4. The number of halogens is 3. The van der Waals surface area contributed by atoms with Crippen LogP contribution in [0.15, 0.2) is 18.5 Å². The van der Waals surface area contributed by atoms with Crippen molar-refractivity contribution >= 4 is 11.3 Å². The van der Waals surface area contributed by atoms with Crippen LogP contribution in [0.1, 0.15) is 18.5 Å². The molecule has 0 aromatic carbocycles. The standard InChI is InChI=1S/C13H15F3N4O/c14-13(15,16)11-7-10-12(17-3-6-20(10)18-11)19-4-1-9(8-21)2-5-19/h3,6-7,9,21H,1-2,4-5,8H2. The first-order valence-electron chi connectivity index (χ1n) is 6.76. The average molecular weight is 300 g/mol. The van der Waals surface area contributed by atoms with E-state index in [1.807, 2.05) is 4.90 Å². The number of hydrogen-bond donors (Lipinski definition) is 1. The molecule has 0 unspecified atom stereocenters. The lowest BCUT2D eigenvalue weighted by Gasteiger charge is -2.32. The minimum Gasteiger partial charge on any atom is -0.396 e. The number of aromatic nitrogens is 3. The molecule has 3 rings (SSSR count). The van der Waals surface area contributed by atoms with Crippen molar-refractivity contribution in [2.45, 2.75) is 19.0 Å². The van der Waals surface area contributed by atoms with E-state index in [1.54, 1.807) is 0 Å². The van der Waals surface area contributed by atoms with Gasteiger partial charge in [-0.15, -0.1) is 0 Å². The molecule has 2 aromatic rings. The smallest absolute Gasteiger partial charge is 0.396 e. The van der Waals surface area contributed by atoms with Crippen LogP contribution < -0.4 is 4.90 Å². The van der Waals surface area contributed by atoms with Crippen LogP contribution in [-0.4, -0.2) is 39.4 Å². The molecule has 0 radical (unpaired) electrons. The Bertz CT molecular complexity index is 632. The zero-order chi connectivity index (χ0) is 15.0. The van der Waals surface area contributed by atoms with Crippen LogP contribution in [0.4, 0.5) is 19.0 Å². The Morgan fingerprint density at radius 1 is 1.29 bits per heavy atom. The van der Waals surface area contributed by atoms with Gasteiger partial charge in [0.05, 0.1) is 0 Å². The van der Waals surface area contributed by atoms with Crippen LogP contribution in [0, 0.1) is 5.92 Å². The van der Waals surface area contributed by atoms with Crippen molar-refractivity contribution in [3.05, 3.63) is 24.2 Å². The molecule has 3 heterocycles. The Morgan fingerprint density at radius 2 is 2.00 bits per heavy atom. The lowest BCUT2D eigenvalue weighted by molar-refractivity contribution is -0.141. The molecule has 114 valence electrons. The summed E-state index contributed by atoms with van der Waals surface area (Å²) in [6.07, 6.45) is 0.00827. The number of aliphatic hydroxyl groups is 1. The molecule has 8 heteroatoms. The van der Waals surface area contributed by atoms with Crippen LogP contribution in [-0.2, 0) is 6.18 Å². The van der Waals surface area contributed by atoms with Crippen molar-refractivity contribution in [3.8, 4) is 0 Å². The van der Waals surface area contributed by atoms with Crippen LogP contribution in [0.2, 0.25) is 0 Å².